The van der Waals surface area contributed by atoms with Gasteiger partial charge in [0.05, 0.1) is 18.1 Å². The van der Waals surface area contributed by atoms with Crippen molar-refractivity contribution in [1.82, 2.24) is 9.62 Å². The first-order valence-electron chi connectivity index (χ1n) is 8.33. The van der Waals surface area contributed by atoms with E-state index in [0.717, 1.165) is 0 Å². The zero-order chi connectivity index (χ0) is 19.2. The van der Waals surface area contributed by atoms with Gasteiger partial charge in [0.25, 0.3) is 0 Å². The lowest BCUT2D eigenvalue weighted by Crippen LogP contribution is -2.43. The summed E-state index contributed by atoms with van der Waals surface area (Å²) >= 11 is 0. The quantitative estimate of drug-likeness (QED) is 0.645. The molecule has 1 aromatic carbocycles. The number of sulfonamides is 1. The Labute approximate surface area is 152 Å². The highest BCUT2D eigenvalue weighted by Gasteiger charge is 2.26. The third-order valence-corrected chi connectivity index (χ3v) is 5.78. The number of aliphatic carboxylic acids is 1. The van der Waals surface area contributed by atoms with E-state index in [2.05, 4.69) is 10.6 Å². The molecule has 144 valence electrons. The Hall–Kier alpha value is -2.17. The molecule has 10 heteroatoms. The van der Waals surface area contributed by atoms with Crippen LogP contribution in [-0.2, 0) is 19.6 Å². The fraction of sp³-hybridized carbons (Fsp3) is 0.500. The molecular weight excluding hydrogens is 362 g/mol. The molecule has 1 aliphatic heterocycles. The standard InChI is InChI=1S/C16H23N3O6S/c1-2-4-14(15(20)21)18-16(22)17-12-5-3-6-13(11-12)26(23,24)19-7-9-25-10-8-19/h3,5-6,11,14H,2,4,7-10H2,1H3,(H,20,21)(H2,17,18,22)/t14-/m1/s1. The van der Waals surface area contributed by atoms with Gasteiger partial charge in [-0.05, 0) is 24.6 Å². The van der Waals surface area contributed by atoms with Gasteiger partial charge < -0.3 is 20.5 Å². The van der Waals surface area contributed by atoms with E-state index in [4.69, 9.17) is 9.84 Å². The van der Waals surface area contributed by atoms with Gasteiger partial charge in [0.2, 0.25) is 10.0 Å². The van der Waals surface area contributed by atoms with Gasteiger partial charge in [-0.25, -0.2) is 18.0 Å². The van der Waals surface area contributed by atoms with Crippen LogP contribution in [0.1, 0.15) is 19.8 Å². The fourth-order valence-corrected chi connectivity index (χ4v) is 4.00. The maximum absolute atomic E-state index is 12.6. The number of hydrogen-bond donors (Lipinski definition) is 3. The fourth-order valence-electron chi connectivity index (χ4n) is 2.54. The van der Waals surface area contributed by atoms with E-state index < -0.39 is 28.1 Å². The largest absolute Gasteiger partial charge is 0.480 e. The molecule has 0 bridgehead atoms. The molecular formula is C16H23N3O6S. The first kappa shape index (κ1) is 20.1. The number of urea groups is 1. The lowest BCUT2D eigenvalue weighted by atomic mass is 10.2. The summed E-state index contributed by atoms with van der Waals surface area (Å²) < 4.78 is 31.8. The Balaban J connectivity index is 2.08. The zero-order valence-corrected chi connectivity index (χ0v) is 15.3. The maximum Gasteiger partial charge on any atom is 0.326 e. The van der Waals surface area contributed by atoms with E-state index in [1.54, 1.807) is 0 Å². The molecule has 1 aliphatic rings. The molecule has 3 N–H and O–H groups in total. The number of carboxylic acid groups (broad SMARTS) is 1. The first-order chi connectivity index (χ1) is 12.3. The lowest BCUT2D eigenvalue weighted by Gasteiger charge is -2.26. The number of carboxylic acids is 1. The van der Waals surface area contributed by atoms with Crippen molar-refractivity contribution in [2.45, 2.75) is 30.7 Å². The predicted molar refractivity (Wildman–Crippen MR) is 94.5 cm³/mol. The normalized spacial score (nSPS) is 16.7. The van der Waals surface area contributed by atoms with Crippen molar-refractivity contribution in [2.24, 2.45) is 0 Å². The van der Waals surface area contributed by atoms with Crippen LogP contribution in [0.4, 0.5) is 10.5 Å². The SMILES string of the molecule is CCC[C@@H](NC(=O)Nc1cccc(S(=O)(=O)N2CCOCC2)c1)C(=O)O. The summed E-state index contributed by atoms with van der Waals surface area (Å²) in [5.41, 5.74) is 0.262. The third kappa shape index (κ3) is 5.16. The van der Waals surface area contributed by atoms with Gasteiger partial charge in [0.1, 0.15) is 6.04 Å². The van der Waals surface area contributed by atoms with Crippen molar-refractivity contribution in [1.29, 1.82) is 0 Å². The van der Waals surface area contributed by atoms with Crippen LogP contribution in [-0.4, -0.2) is 62.2 Å². The molecule has 0 spiro atoms. The van der Waals surface area contributed by atoms with Crippen molar-refractivity contribution in [3.05, 3.63) is 24.3 Å². The summed E-state index contributed by atoms with van der Waals surface area (Å²) in [6.45, 7) is 3.05. The van der Waals surface area contributed by atoms with E-state index in [-0.39, 0.29) is 23.7 Å². The molecule has 0 unspecified atom stereocenters. The zero-order valence-electron chi connectivity index (χ0n) is 14.5. The summed E-state index contributed by atoms with van der Waals surface area (Å²) in [7, 11) is -3.68. The number of hydrogen-bond acceptors (Lipinski definition) is 5. The van der Waals surface area contributed by atoms with Crippen molar-refractivity contribution < 1.29 is 27.9 Å². The Morgan fingerprint density at radius 3 is 2.62 bits per heavy atom. The van der Waals surface area contributed by atoms with Gasteiger partial charge in [0.15, 0.2) is 0 Å². The van der Waals surface area contributed by atoms with Crippen LogP contribution in [0, 0.1) is 0 Å². The molecule has 1 fully saturated rings. The average Bonchev–Trinajstić information content (AvgIpc) is 2.62. The number of nitrogens with zero attached hydrogens (tertiary/aromatic N) is 1. The Morgan fingerprint density at radius 1 is 1.31 bits per heavy atom. The molecule has 0 saturated carbocycles. The number of ether oxygens (including phenoxy) is 1. The van der Waals surface area contributed by atoms with Crippen LogP contribution in [0.3, 0.4) is 0 Å². The molecule has 2 amide bonds. The summed E-state index contributed by atoms with van der Waals surface area (Å²) in [5, 5.41) is 13.9. The van der Waals surface area contributed by atoms with E-state index in [1.165, 1.54) is 28.6 Å². The third-order valence-electron chi connectivity index (χ3n) is 3.88. The van der Waals surface area contributed by atoms with Crippen LogP contribution < -0.4 is 10.6 Å². The average molecular weight is 385 g/mol. The van der Waals surface area contributed by atoms with Gasteiger partial charge in [-0.2, -0.15) is 4.31 Å². The van der Waals surface area contributed by atoms with Crippen molar-refractivity contribution >= 4 is 27.7 Å². The number of rotatable bonds is 7. The lowest BCUT2D eigenvalue weighted by molar-refractivity contribution is -0.139. The summed E-state index contributed by atoms with van der Waals surface area (Å²) in [4.78, 5) is 23.2. The summed E-state index contributed by atoms with van der Waals surface area (Å²) in [6, 6.07) is 4.15. The maximum atomic E-state index is 12.6. The first-order valence-corrected chi connectivity index (χ1v) is 9.77. The summed E-state index contributed by atoms with van der Waals surface area (Å²) in [5.74, 6) is -1.12. The molecule has 1 atom stereocenters. The number of morpholine rings is 1. The van der Waals surface area contributed by atoms with Gasteiger partial charge in [-0.15, -0.1) is 0 Å². The Bertz CT molecular complexity index is 746. The smallest absolute Gasteiger partial charge is 0.326 e. The van der Waals surface area contributed by atoms with Crippen LogP contribution in [0.2, 0.25) is 0 Å². The Morgan fingerprint density at radius 2 is 2.00 bits per heavy atom. The molecule has 9 nitrogen and oxygen atoms in total. The number of anilines is 1. The molecule has 1 heterocycles. The number of carbonyl (C=O) groups excluding carboxylic acids is 1. The second kappa shape index (κ2) is 8.97. The van der Waals surface area contributed by atoms with E-state index in [1.807, 2.05) is 6.92 Å². The monoisotopic (exact) mass is 385 g/mol. The minimum atomic E-state index is -3.68. The van der Waals surface area contributed by atoms with Gasteiger partial charge >= 0.3 is 12.0 Å². The topological polar surface area (TPSA) is 125 Å². The molecule has 26 heavy (non-hydrogen) atoms. The Kier molecular flexibility index (Phi) is 6.95. The van der Waals surface area contributed by atoms with Gasteiger partial charge in [-0.1, -0.05) is 19.4 Å². The molecule has 0 radical (unpaired) electrons. The van der Waals surface area contributed by atoms with Crippen molar-refractivity contribution in [3.63, 3.8) is 0 Å². The molecule has 1 saturated heterocycles. The second-order valence-corrected chi connectivity index (χ2v) is 7.76. The molecule has 1 aromatic rings. The number of carbonyl (C=O) groups is 2. The van der Waals surface area contributed by atoms with Crippen LogP contribution in [0.5, 0.6) is 0 Å². The van der Waals surface area contributed by atoms with E-state index in [0.29, 0.717) is 26.1 Å². The minimum Gasteiger partial charge on any atom is -0.480 e. The molecule has 0 aromatic heterocycles. The van der Waals surface area contributed by atoms with Crippen molar-refractivity contribution in [2.75, 3.05) is 31.6 Å². The van der Waals surface area contributed by atoms with E-state index in [9.17, 15) is 18.0 Å². The van der Waals surface area contributed by atoms with Gasteiger partial charge in [0, 0.05) is 18.8 Å². The highest BCUT2D eigenvalue weighted by molar-refractivity contribution is 7.89. The van der Waals surface area contributed by atoms with Crippen LogP contribution in [0.15, 0.2) is 29.2 Å². The predicted octanol–water partition coefficient (Wildman–Crippen LogP) is 1.08. The highest BCUT2D eigenvalue weighted by Crippen LogP contribution is 2.20. The molecule has 0 aliphatic carbocycles. The highest BCUT2D eigenvalue weighted by atomic mass is 32.2. The van der Waals surface area contributed by atoms with Crippen molar-refractivity contribution in [3.8, 4) is 0 Å². The summed E-state index contributed by atoms with van der Waals surface area (Å²) in [6.07, 6.45) is 0.902. The minimum absolute atomic E-state index is 0.0561. The van der Waals surface area contributed by atoms with E-state index >= 15 is 0 Å². The second-order valence-electron chi connectivity index (χ2n) is 5.82. The molecule has 2 rings (SSSR count). The number of nitrogens with one attached hydrogen (secondary N) is 2. The van der Waals surface area contributed by atoms with Gasteiger partial charge in [-0.3, -0.25) is 0 Å². The number of amides is 2. The van der Waals surface area contributed by atoms with Crippen LogP contribution in [0.25, 0.3) is 0 Å². The van der Waals surface area contributed by atoms with Crippen LogP contribution >= 0.6 is 0 Å². The number of benzene rings is 1.